The number of aliphatic hydroxyl groups is 1. The molecule has 0 bridgehead atoms. The number of hydrogen-bond acceptors (Lipinski definition) is 5. The summed E-state index contributed by atoms with van der Waals surface area (Å²) in [5.74, 6) is 0.454. The Hall–Kier alpha value is -1.66. The standard InChI is InChI=1S/C16H22N2O3S/c1-10-13(18-15(22-10)11-6-5-9-21-11)14(20)17-12(7-8-19)16(2,3)4/h5-6,9,12,19H,7-8H2,1-4H3,(H,17,20). The van der Waals surface area contributed by atoms with Crippen molar-refractivity contribution in [2.75, 3.05) is 6.61 Å². The van der Waals surface area contributed by atoms with Gasteiger partial charge >= 0.3 is 0 Å². The SMILES string of the molecule is Cc1sc(-c2ccco2)nc1C(=O)NC(CCO)C(C)(C)C. The van der Waals surface area contributed by atoms with Crippen LogP contribution in [0, 0.1) is 12.3 Å². The van der Waals surface area contributed by atoms with Crippen LogP contribution in [0.1, 0.15) is 42.6 Å². The maximum atomic E-state index is 12.5. The van der Waals surface area contributed by atoms with Crippen LogP contribution < -0.4 is 5.32 Å². The summed E-state index contributed by atoms with van der Waals surface area (Å²) in [7, 11) is 0. The summed E-state index contributed by atoms with van der Waals surface area (Å²) in [6.45, 7) is 8.02. The van der Waals surface area contributed by atoms with Gasteiger partial charge in [0.05, 0.1) is 6.26 Å². The van der Waals surface area contributed by atoms with Crippen LogP contribution in [0.4, 0.5) is 0 Å². The van der Waals surface area contributed by atoms with Crippen LogP contribution in [0.5, 0.6) is 0 Å². The summed E-state index contributed by atoms with van der Waals surface area (Å²) < 4.78 is 5.32. The maximum absolute atomic E-state index is 12.5. The highest BCUT2D eigenvalue weighted by molar-refractivity contribution is 7.15. The molecule has 2 aromatic heterocycles. The molecular formula is C16H22N2O3S. The van der Waals surface area contributed by atoms with E-state index in [1.807, 2.05) is 33.8 Å². The quantitative estimate of drug-likeness (QED) is 0.886. The molecule has 0 aliphatic heterocycles. The molecule has 1 unspecified atom stereocenters. The van der Waals surface area contributed by atoms with Crippen molar-refractivity contribution >= 4 is 17.2 Å². The lowest BCUT2D eigenvalue weighted by atomic mass is 9.85. The maximum Gasteiger partial charge on any atom is 0.271 e. The number of hydrogen-bond donors (Lipinski definition) is 2. The Morgan fingerprint density at radius 3 is 2.77 bits per heavy atom. The molecule has 0 aliphatic rings. The smallest absolute Gasteiger partial charge is 0.271 e. The molecular weight excluding hydrogens is 300 g/mol. The van der Waals surface area contributed by atoms with Gasteiger partial charge in [0, 0.05) is 17.5 Å². The number of aryl methyl sites for hydroxylation is 1. The Bertz CT molecular complexity index is 626. The zero-order valence-electron chi connectivity index (χ0n) is 13.3. The number of aromatic nitrogens is 1. The van der Waals surface area contributed by atoms with E-state index in [9.17, 15) is 9.90 Å². The average Bonchev–Trinajstić information content (AvgIpc) is 3.05. The molecule has 22 heavy (non-hydrogen) atoms. The van der Waals surface area contributed by atoms with E-state index in [2.05, 4.69) is 10.3 Å². The van der Waals surface area contributed by atoms with E-state index >= 15 is 0 Å². The first-order chi connectivity index (χ1) is 10.3. The van der Waals surface area contributed by atoms with Gasteiger partial charge in [-0.25, -0.2) is 4.98 Å². The number of nitrogens with zero attached hydrogens (tertiary/aromatic N) is 1. The van der Waals surface area contributed by atoms with Gasteiger partial charge in [-0.05, 0) is 30.9 Å². The van der Waals surface area contributed by atoms with Crippen molar-refractivity contribution in [3.8, 4) is 10.8 Å². The monoisotopic (exact) mass is 322 g/mol. The fourth-order valence-corrected chi connectivity index (χ4v) is 3.07. The number of carbonyl (C=O) groups is 1. The van der Waals surface area contributed by atoms with Gasteiger partial charge in [-0.15, -0.1) is 11.3 Å². The summed E-state index contributed by atoms with van der Waals surface area (Å²) in [5, 5.41) is 12.9. The van der Waals surface area contributed by atoms with Crippen molar-refractivity contribution in [3.63, 3.8) is 0 Å². The summed E-state index contributed by atoms with van der Waals surface area (Å²) in [4.78, 5) is 17.7. The highest BCUT2D eigenvalue weighted by Crippen LogP contribution is 2.28. The number of rotatable bonds is 5. The molecule has 6 heteroatoms. The molecule has 2 N–H and O–H groups in total. The lowest BCUT2D eigenvalue weighted by Crippen LogP contribution is -2.44. The van der Waals surface area contributed by atoms with Gasteiger partial charge in [-0.3, -0.25) is 4.79 Å². The molecule has 0 aliphatic carbocycles. The summed E-state index contributed by atoms with van der Waals surface area (Å²) >= 11 is 1.43. The fourth-order valence-electron chi connectivity index (χ4n) is 2.19. The van der Waals surface area contributed by atoms with E-state index in [4.69, 9.17) is 4.42 Å². The second kappa shape index (κ2) is 6.62. The van der Waals surface area contributed by atoms with E-state index in [0.717, 1.165) is 4.88 Å². The minimum Gasteiger partial charge on any atom is -0.462 e. The lowest BCUT2D eigenvalue weighted by Gasteiger charge is -2.30. The largest absolute Gasteiger partial charge is 0.462 e. The van der Waals surface area contributed by atoms with Gasteiger partial charge < -0.3 is 14.8 Å². The van der Waals surface area contributed by atoms with Gasteiger partial charge in [0.25, 0.3) is 5.91 Å². The Balaban J connectivity index is 2.19. The van der Waals surface area contributed by atoms with Gasteiger partial charge in [0.1, 0.15) is 5.69 Å². The number of amides is 1. The molecule has 0 saturated carbocycles. The molecule has 0 spiro atoms. The number of furan rings is 1. The van der Waals surface area contributed by atoms with Crippen LogP contribution in [0.25, 0.3) is 10.8 Å². The fraction of sp³-hybridized carbons (Fsp3) is 0.500. The topological polar surface area (TPSA) is 75.4 Å². The van der Waals surface area contributed by atoms with Gasteiger partial charge in [0.15, 0.2) is 10.8 Å². The second-order valence-electron chi connectivity index (χ2n) is 6.31. The molecule has 120 valence electrons. The third-order valence-corrected chi connectivity index (χ3v) is 4.50. The number of nitrogens with one attached hydrogen (secondary N) is 1. The Morgan fingerprint density at radius 2 is 2.23 bits per heavy atom. The van der Waals surface area contributed by atoms with Crippen LogP contribution >= 0.6 is 11.3 Å². The van der Waals surface area contributed by atoms with Crippen molar-refractivity contribution < 1.29 is 14.3 Å². The number of aliphatic hydroxyl groups excluding tert-OH is 1. The summed E-state index contributed by atoms with van der Waals surface area (Å²) in [6.07, 6.45) is 2.10. The summed E-state index contributed by atoms with van der Waals surface area (Å²) in [5.41, 5.74) is 0.287. The predicted octanol–water partition coefficient (Wildman–Crippen LogP) is 3.24. The van der Waals surface area contributed by atoms with Crippen molar-refractivity contribution in [3.05, 3.63) is 29.0 Å². The first-order valence-corrected chi connectivity index (χ1v) is 8.07. The molecule has 5 nitrogen and oxygen atoms in total. The van der Waals surface area contributed by atoms with E-state index in [1.54, 1.807) is 12.3 Å². The van der Waals surface area contributed by atoms with Crippen molar-refractivity contribution in [2.45, 2.75) is 40.2 Å². The molecule has 2 rings (SSSR count). The Kier molecular flexibility index (Phi) is 5.03. The normalized spacial score (nSPS) is 13.1. The highest BCUT2D eigenvalue weighted by atomic mass is 32.1. The zero-order chi connectivity index (χ0) is 16.3. The van der Waals surface area contributed by atoms with Crippen LogP contribution in [0.2, 0.25) is 0 Å². The molecule has 0 radical (unpaired) electrons. The number of thiazole rings is 1. The first-order valence-electron chi connectivity index (χ1n) is 7.26. The molecule has 0 fully saturated rings. The van der Waals surface area contributed by atoms with E-state index < -0.39 is 0 Å². The van der Waals surface area contributed by atoms with Gasteiger partial charge in [0.2, 0.25) is 0 Å². The Morgan fingerprint density at radius 1 is 1.50 bits per heavy atom. The van der Waals surface area contributed by atoms with Crippen molar-refractivity contribution in [1.29, 1.82) is 0 Å². The second-order valence-corrected chi connectivity index (χ2v) is 7.51. The van der Waals surface area contributed by atoms with Crippen LogP contribution in [-0.2, 0) is 0 Å². The van der Waals surface area contributed by atoms with E-state index in [-0.39, 0.29) is 24.0 Å². The third-order valence-electron chi connectivity index (χ3n) is 3.51. The molecule has 2 heterocycles. The van der Waals surface area contributed by atoms with Crippen LogP contribution in [0.3, 0.4) is 0 Å². The minimum absolute atomic E-state index is 0.0376. The third kappa shape index (κ3) is 3.75. The zero-order valence-corrected chi connectivity index (χ0v) is 14.2. The van der Waals surface area contributed by atoms with Crippen molar-refractivity contribution in [1.82, 2.24) is 10.3 Å². The molecule has 1 atom stereocenters. The van der Waals surface area contributed by atoms with E-state index in [0.29, 0.717) is 22.9 Å². The Labute approximate surface area is 134 Å². The summed E-state index contributed by atoms with van der Waals surface area (Å²) in [6, 6.07) is 3.50. The van der Waals surface area contributed by atoms with Crippen LogP contribution in [-0.4, -0.2) is 28.6 Å². The molecule has 0 aromatic carbocycles. The van der Waals surface area contributed by atoms with Gasteiger partial charge in [-0.1, -0.05) is 20.8 Å². The molecule has 1 amide bonds. The average molecular weight is 322 g/mol. The van der Waals surface area contributed by atoms with Crippen molar-refractivity contribution in [2.24, 2.45) is 5.41 Å². The highest BCUT2D eigenvalue weighted by Gasteiger charge is 2.27. The lowest BCUT2D eigenvalue weighted by molar-refractivity contribution is 0.0880. The predicted molar refractivity (Wildman–Crippen MR) is 87.0 cm³/mol. The van der Waals surface area contributed by atoms with Gasteiger partial charge in [-0.2, -0.15) is 0 Å². The first kappa shape index (κ1) is 16.7. The van der Waals surface area contributed by atoms with E-state index in [1.165, 1.54) is 11.3 Å². The molecule has 0 saturated heterocycles. The molecule has 2 aromatic rings. The minimum atomic E-state index is -0.208. The number of carbonyl (C=O) groups excluding carboxylic acids is 1. The van der Waals surface area contributed by atoms with Crippen LogP contribution in [0.15, 0.2) is 22.8 Å².